The maximum absolute atomic E-state index is 13.2. The molecule has 0 bridgehead atoms. The molecular formula is C22H30FN3O3S. The Morgan fingerprint density at radius 2 is 1.70 bits per heavy atom. The first-order chi connectivity index (χ1) is 14.0. The van der Waals surface area contributed by atoms with Gasteiger partial charge in [0.1, 0.15) is 5.82 Å². The first-order valence-electron chi connectivity index (χ1n) is 9.75. The molecule has 0 unspecified atom stereocenters. The largest absolute Gasteiger partial charge is 0.377 e. The van der Waals surface area contributed by atoms with Crippen LogP contribution in [0.2, 0.25) is 0 Å². The fourth-order valence-electron chi connectivity index (χ4n) is 3.08. The van der Waals surface area contributed by atoms with Gasteiger partial charge in [-0.15, -0.1) is 0 Å². The molecule has 164 valence electrons. The Balaban J connectivity index is 2.33. The van der Waals surface area contributed by atoms with Crippen LogP contribution >= 0.6 is 0 Å². The molecule has 2 aromatic carbocycles. The third-order valence-corrected chi connectivity index (χ3v) is 5.72. The van der Waals surface area contributed by atoms with Gasteiger partial charge in [-0.25, -0.2) is 12.8 Å². The summed E-state index contributed by atoms with van der Waals surface area (Å²) in [6, 6.07) is 11.2. The highest BCUT2D eigenvalue weighted by Crippen LogP contribution is 2.26. The predicted octanol–water partition coefficient (Wildman–Crippen LogP) is 3.84. The van der Waals surface area contributed by atoms with Crippen LogP contribution < -0.4 is 10.2 Å². The van der Waals surface area contributed by atoms with Gasteiger partial charge in [0.2, 0.25) is 15.9 Å². The molecule has 1 amide bonds. The molecule has 0 spiro atoms. The molecule has 2 rings (SSSR count). The lowest BCUT2D eigenvalue weighted by atomic mass is 10.1. The smallest absolute Gasteiger partial charge is 0.224 e. The molecule has 0 aliphatic rings. The van der Waals surface area contributed by atoms with Crippen LogP contribution in [0.3, 0.4) is 0 Å². The molecule has 0 aliphatic carbocycles. The maximum atomic E-state index is 13.2. The summed E-state index contributed by atoms with van der Waals surface area (Å²) in [5, 5.41) is 2.88. The van der Waals surface area contributed by atoms with Crippen molar-refractivity contribution in [1.29, 1.82) is 0 Å². The Labute approximate surface area is 178 Å². The van der Waals surface area contributed by atoms with Crippen LogP contribution in [0.25, 0.3) is 0 Å². The second kappa shape index (κ2) is 10.0. The first-order valence-corrected chi connectivity index (χ1v) is 11.6. The highest BCUT2D eigenvalue weighted by atomic mass is 32.2. The van der Waals surface area contributed by atoms with E-state index in [2.05, 4.69) is 5.32 Å². The van der Waals surface area contributed by atoms with Crippen LogP contribution in [0.15, 0.2) is 42.5 Å². The van der Waals surface area contributed by atoms with E-state index in [0.29, 0.717) is 17.7 Å². The zero-order chi connectivity index (χ0) is 22.5. The van der Waals surface area contributed by atoms with E-state index in [4.69, 9.17) is 0 Å². The van der Waals surface area contributed by atoms with Crippen LogP contribution in [-0.2, 0) is 27.9 Å². The minimum atomic E-state index is -3.53. The lowest BCUT2D eigenvalue weighted by Crippen LogP contribution is -2.30. The molecule has 0 fully saturated rings. The topological polar surface area (TPSA) is 69.7 Å². The number of amides is 1. The summed E-state index contributed by atoms with van der Waals surface area (Å²) < 4.78 is 39.4. The highest BCUT2D eigenvalue weighted by Gasteiger charge is 2.20. The van der Waals surface area contributed by atoms with Crippen molar-refractivity contribution >= 4 is 27.3 Å². The highest BCUT2D eigenvalue weighted by molar-refractivity contribution is 7.88. The van der Waals surface area contributed by atoms with Crippen LogP contribution in [0.1, 0.15) is 31.4 Å². The van der Waals surface area contributed by atoms with Crippen molar-refractivity contribution in [1.82, 2.24) is 4.31 Å². The lowest BCUT2D eigenvalue weighted by molar-refractivity contribution is -0.116. The minimum absolute atomic E-state index is 0.0835. The molecule has 0 aromatic heterocycles. The normalized spacial score (nSPS) is 11.7. The van der Waals surface area contributed by atoms with Crippen molar-refractivity contribution in [3.8, 4) is 0 Å². The summed E-state index contributed by atoms with van der Waals surface area (Å²) in [7, 11) is 0.219. The van der Waals surface area contributed by atoms with Crippen molar-refractivity contribution in [2.24, 2.45) is 5.92 Å². The van der Waals surface area contributed by atoms with Gasteiger partial charge in [-0.3, -0.25) is 4.79 Å². The number of hydrogen-bond donors (Lipinski definition) is 1. The van der Waals surface area contributed by atoms with E-state index in [0.717, 1.165) is 17.5 Å². The van der Waals surface area contributed by atoms with Crippen molar-refractivity contribution in [2.45, 2.75) is 33.4 Å². The maximum Gasteiger partial charge on any atom is 0.224 e. The first kappa shape index (κ1) is 23.8. The Bertz CT molecular complexity index is 974. The molecule has 2 aromatic rings. The molecule has 0 aliphatic heterocycles. The van der Waals surface area contributed by atoms with E-state index in [-0.39, 0.29) is 30.7 Å². The third kappa shape index (κ3) is 7.11. The monoisotopic (exact) mass is 435 g/mol. The number of halogens is 1. The molecule has 0 atom stereocenters. The fourth-order valence-corrected chi connectivity index (χ4v) is 3.84. The van der Waals surface area contributed by atoms with Crippen LogP contribution in [0, 0.1) is 11.7 Å². The second-order valence-corrected chi connectivity index (χ2v) is 10.0. The zero-order valence-corrected chi connectivity index (χ0v) is 19.0. The number of carbonyl (C=O) groups is 1. The Morgan fingerprint density at radius 1 is 1.07 bits per heavy atom. The Kier molecular flexibility index (Phi) is 7.97. The number of carbonyl (C=O) groups excluding carboxylic acids is 1. The molecule has 0 heterocycles. The van der Waals surface area contributed by atoms with Crippen LogP contribution in [0.5, 0.6) is 0 Å². The summed E-state index contributed by atoms with van der Waals surface area (Å²) >= 11 is 0. The standard InChI is InChI=1S/C22H30FN3O3S/c1-16(2)12-22(27)24-20-10-11-21(25(3)4)18(13-20)15-26(30(5,28)29)14-17-6-8-19(23)9-7-17/h6-11,13,16H,12,14-15H2,1-5H3,(H,24,27). The molecule has 30 heavy (non-hydrogen) atoms. The van der Waals surface area contributed by atoms with Crippen molar-refractivity contribution in [3.05, 3.63) is 59.4 Å². The molecule has 0 saturated carbocycles. The fraction of sp³-hybridized carbons (Fsp3) is 0.409. The predicted molar refractivity (Wildman–Crippen MR) is 119 cm³/mol. The van der Waals surface area contributed by atoms with Gasteiger partial charge in [-0.2, -0.15) is 4.31 Å². The molecule has 0 radical (unpaired) electrons. The summed E-state index contributed by atoms with van der Waals surface area (Å²) in [4.78, 5) is 14.0. The third-order valence-electron chi connectivity index (χ3n) is 4.53. The van der Waals surface area contributed by atoms with Crippen molar-refractivity contribution in [3.63, 3.8) is 0 Å². The zero-order valence-electron chi connectivity index (χ0n) is 18.1. The molecule has 0 saturated heterocycles. The van der Waals surface area contributed by atoms with Crippen molar-refractivity contribution < 1.29 is 17.6 Å². The Hall–Kier alpha value is -2.45. The van der Waals surface area contributed by atoms with Crippen molar-refractivity contribution in [2.75, 3.05) is 30.6 Å². The lowest BCUT2D eigenvalue weighted by Gasteiger charge is -2.25. The number of anilines is 2. The molecular weight excluding hydrogens is 405 g/mol. The van der Waals surface area contributed by atoms with E-state index < -0.39 is 10.0 Å². The quantitative estimate of drug-likeness (QED) is 0.650. The van der Waals surface area contributed by atoms with Gasteiger partial charge in [-0.05, 0) is 47.4 Å². The van der Waals surface area contributed by atoms with Gasteiger partial charge < -0.3 is 10.2 Å². The van der Waals surface area contributed by atoms with Gasteiger partial charge in [0.05, 0.1) is 6.26 Å². The SMILES string of the molecule is CC(C)CC(=O)Nc1ccc(N(C)C)c(CN(Cc2ccc(F)cc2)S(C)(=O)=O)c1. The van der Waals surface area contributed by atoms with E-state index in [9.17, 15) is 17.6 Å². The average Bonchev–Trinajstić information content (AvgIpc) is 2.61. The number of hydrogen-bond acceptors (Lipinski definition) is 4. The van der Waals surface area contributed by atoms with E-state index in [1.807, 2.05) is 45.0 Å². The van der Waals surface area contributed by atoms with Gasteiger partial charge in [0.25, 0.3) is 0 Å². The Morgan fingerprint density at radius 3 is 2.23 bits per heavy atom. The van der Waals surface area contributed by atoms with Gasteiger partial charge in [0.15, 0.2) is 0 Å². The van der Waals surface area contributed by atoms with Crippen LogP contribution in [0.4, 0.5) is 15.8 Å². The summed E-state index contributed by atoms with van der Waals surface area (Å²) in [5.74, 6) is -0.217. The summed E-state index contributed by atoms with van der Waals surface area (Å²) in [6.45, 7) is 4.19. The average molecular weight is 436 g/mol. The number of nitrogens with zero attached hydrogens (tertiary/aromatic N) is 2. The number of rotatable bonds is 9. The van der Waals surface area contributed by atoms with E-state index in [1.165, 1.54) is 16.4 Å². The summed E-state index contributed by atoms with van der Waals surface area (Å²) in [6.07, 6.45) is 1.56. The van der Waals surface area contributed by atoms with Gasteiger partial charge in [0, 0.05) is 45.0 Å². The molecule has 8 heteroatoms. The molecule has 1 N–H and O–H groups in total. The van der Waals surface area contributed by atoms with E-state index >= 15 is 0 Å². The minimum Gasteiger partial charge on any atom is -0.377 e. The number of benzene rings is 2. The van der Waals surface area contributed by atoms with E-state index in [1.54, 1.807) is 18.2 Å². The number of nitrogens with one attached hydrogen (secondary N) is 1. The van der Waals surface area contributed by atoms with Crippen LogP contribution in [-0.4, -0.2) is 39.0 Å². The van der Waals surface area contributed by atoms with Gasteiger partial charge >= 0.3 is 0 Å². The molecule has 6 nitrogen and oxygen atoms in total. The summed E-state index contributed by atoms with van der Waals surface area (Å²) in [5.41, 5.74) is 2.92. The second-order valence-electron chi connectivity index (χ2n) is 8.04. The number of sulfonamides is 1. The van der Waals surface area contributed by atoms with Gasteiger partial charge in [-0.1, -0.05) is 26.0 Å².